The SMILES string of the molecule is C=CC(/C=N/Nc1cc(N2CCOCC2)n2nc(-c3ccccc3C)cc2n1)=C\C(=C)C. The number of anilines is 2. The van der Waals surface area contributed by atoms with E-state index in [4.69, 9.17) is 14.8 Å². The predicted molar refractivity (Wildman–Crippen MR) is 131 cm³/mol. The van der Waals surface area contributed by atoms with Crippen molar-refractivity contribution < 1.29 is 4.74 Å². The monoisotopic (exact) mass is 428 g/mol. The Hall–Kier alpha value is -3.71. The van der Waals surface area contributed by atoms with Gasteiger partial charge < -0.3 is 9.64 Å². The van der Waals surface area contributed by atoms with Crippen molar-refractivity contribution in [3.8, 4) is 11.3 Å². The van der Waals surface area contributed by atoms with Crippen LogP contribution in [0.2, 0.25) is 0 Å². The first-order valence-electron chi connectivity index (χ1n) is 10.6. The van der Waals surface area contributed by atoms with E-state index in [1.165, 1.54) is 5.56 Å². The summed E-state index contributed by atoms with van der Waals surface area (Å²) in [5, 5.41) is 9.23. The van der Waals surface area contributed by atoms with Crippen molar-refractivity contribution in [2.45, 2.75) is 13.8 Å². The summed E-state index contributed by atoms with van der Waals surface area (Å²) < 4.78 is 7.44. The van der Waals surface area contributed by atoms with Gasteiger partial charge in [0.05, 0.1) is 25.1 Å². The van der Waals surface area contributed by atoms with Gasteiger partial charge in [-0.3, -0.25) is 5.43 Å². The number of nitrogens with zero attached hydrogens (tertiary/aromatic N) is 5. The first-order valence-corrected chi connectivity index (χ1v) is 10.6. The number of hydrogen-bond donors (Lipinski definition) is 1. The van der Waals surface area contributed by atoms with Crippen molar-refractivity contribution in [1.29, 1.82) is 0 Å². The zero-order valence-electron chi connectivity index (χ0n) is 18.6. The first kappa shape index (κ1) is 21.5. The molecule has 0 bridgehead atoms. The Bertz CT molecular complexity index is 1200. The molecule has 2 aromatic heterocycles. The second-order valence-electron chi connectivity index (χ2n) is 7.78. The van der Waals surface area contributed by atoms with Crippen LogP contribution in [0.1, 0.15) is 12.5 Å². The lowest BCUT2D eigenvalue weighted by Crippen LogP contribution is -2.37. The van der Waals surface area contributed by atoms with E-state index in [2.05, 4.69) is 47.6 Å². The molecule has 3 heterocycles. The van der Waals surface area contributed by atoms with E-state index in [1.54, 1.807) is 12.3 Å². The molecule has 0 amide bonds. The van der Waals surface area contributed by atoms with Gasteiger partial charge in [-0.2, -0.15) is 14.7 Å². The Kier molecular flexibility index (Phi) is 6.47. The van der Waals surface area contributed by atoms with Crippen molar-refractivity contribution in [1.82, 2.24) is 14.6 Å². The molecule has 0 spiro atoms. The molecular weight excluding hydrogens is 400 g/mol. The van der Waals surface area contributed by atoms with E-state index in [9.17, 15) is 0 Å². The Morgan fingerprint density at radius 3 is 2.72 bits per heavy atom. The smallest absolute Gasteiger partial charge is 0.160 e. The number of hydrazone groups is 1. The van der Waals surface area contributed by atoms with Crippen LogP contribution in [-0.2, 0) is 4.74 Å². The fourth-order valence-corrected chi connectivity index (χ4v) is 3.63. The second kappa shape index (κ2) is 9.62. The highest BCUT2D eigenvalue weighted by Crippen LogP contribution is 2.27. The lowest BCUT2D eigenvalue weighted by Gasteiger charge is -2.29. The van der Waals surface area contributed by atoms with Crippen LogP contribution in [0.25, 0.3) is 16.9 Å². The van der Waals surface area contributed by atoms with E-state index in [0.29, 0.717) is 19.0 Å². The summed E-state index contributed by atoms with van der Waals surface area (Å²) in [6.45, 7) is 14.7. The number of benzene rings is 1. The summed E-state index contributed by atoms with van der Waals surface area (Å²) in [7, 11) is 0. The van der Waals surface area contributed by atoms with Gasteiger partial charge in [0.15, 0.2) is 11.5 Å². The predicted octanol–water partition coefficient (Wildman–Crippen LogP) is 4.63. The standard InChI is InChI=1S/C25H28N6O/c1-5-20(14-18(2)3)17-26-28-23-16-25(30-10-12-32-13-11-30)31-24(27-23)15-22(29-31)21-9-7-6-8-19(21)4/h5-9,14-17H,1-2,10-13H2,3-4H3,(H,27,28)/b20-14+,26-17+. The molecule has 0 unspecified atom stereocenters. The number of fused-ring (bicyclic) bond motifs is 1. The van der Waals surface area contributed by atoms with E-state index in [0.717, 1.165) is 47.0 Å². The summed E-state index contributed by atoms with van der Waals surface area (Å²) in [6.07, 6.45) is 5.36. The summed E-state index contributed by atoms with van der Waals surface area (Å²) >= 11 is 0. The van der Waals surface area contributed by atoms with Gasteiger partial charge >= 0.3 is 0 Å². The molecule has 0 radical (unpaired) electrons. The average molecular weight is 429 g/mol. The quantitative estimate of drug-likeness (QED) is 0.338. The van der Waals surface area contributed by atoms with Crippen molar-refractivity contribution in [3.63, 3.8) is 0 Å². The number of ether oxygens (including phenoxy) is 1. The minimum Gasteiger partial charge on any atom is -0.378 e. The minimum atomic E-state index is 0.644. The maximum atomic E-state index is 5.54. The van der Waals surface area contributed by atoms with Crippen molar-refractivity contribution in [2.75, 3.05) is 36.6 Å². The Morgan fingerprint density at radius 1 is 1.22 bits per heavy atom. The van der Waals surface area contributed by atoms with E-state index in [-0.39, 0.29) is 0 Å². The van der Waals surface area contributed by atoms with Gasteiger partial charge in [0.25, 0.3) is 0 Å². The van der Waals surface area contributed by atoms with Crippen LogP contribution in [0.4, 0.5) is 11.6 Å². The van der Waals surface area contributed by atoms with Crippen LogP contribution < -0.4 is 10.3 Å². The third-order valence-electron chi connectivity index (χ3n) is 5.21. The molecular formula is C25H28N6O. The van der Waals surface area contributed by atoms with E-state index in [1.807, 2.05) is 41.8 Å². The summed E-state index contributed by atoms with van der Waals surface area (Å²) in [4.78, 5) is 7.01. The number of rotatable bonds is 7. The maximum absolute atomic E-state index is 5.54. The minimum absolute atomic E-state index is 0.644. The van der Waals surface area contributed by atoms with Crippen LogP contribution in [0.15, 0.2) is 78.0 Å². The highest BCUT2D eigenvalue weighted by molar-refractivity contribution is 5.83. The number of nitrogens with one attached hydrogen (secondary N) is 1. The van der Waals surface area contributed by atoms with Gasteiger partial charge in [0, 0.05) is 30.8 Å². The van der Waals surface area contributed by atoms with Crippen LogP contribution in [-0.4, -0.2) is 47.1 Å². The molecule has 0 aliphatic carbocycles. The van der Waals surface area contributed by atoms with Crippen molar-refractivity contribution in [3.05, 3.63) is 78.4 Å². The topological polar surface area (TPSA) is 67.0 Å². The number of morpholine rings is 1. The highest BCUT2D eigenvalue weighted by atomic mass is 16.5. The summed E-state index contributed by atoms with van der Waals surface area (Å²) in [6, 6.07) is 12.2. The Morgan fingerprint density at radius 2 is 2.00 bits per heavy atom. The molecule has 1 N–H and O–H groups in total. The molecule has 1 fully saturated rings. The lowest BCUT2D eigenvalue weighted by molar-refractivity contribution is 0.122. The Balaban J connectivity index is 1.73. The van der Waals surface area contributed by atoms with Crippen LogP contribution >= 0.6 is 0 Å². The number of aromatic nitrogens is 3. The Labute approximate surface area is 188 Å². The molecule has 32 heavy (non-hydrogen) atoms. The third-order valence-corrected chi connectivity index (χ3v) is 5.21. The number of allylic oxidation sites excluding steroid dienone is 4. The van der Waals surface area contributed by atoms with Gasteiger partial charge in [-0.25, -0.2) is 4.98 Å². The van der Waals surface area contributed by atoms with Gasteiger partial charge in [-0.05, 0) is 25.0 Å². The van der Waals surface area contributed by atoms with Crippen molar-refractivity contribution in [2.24, 2.45) is 5.10 Å². The van der Waals surface area contributed by atoms with Crippen LogP contribution in [0.5, 0.6) is 0 Å². The largest absolute Gasteiger partial charge is 0.378 e. The number of aryl methyl sites for hydroxylation is 1. The summed E-state index contributed by atoms with van der Waals surface area (Å²) in [5.41, 5.74) is 8.77. The van der Waals surface area contributed by atoms with Crippen LogP contribution in [0.3, 0.4) is 0 Å². The van der Waals surface area contributed by atoms with Crippen LogP contribution in [0, 0.1) is 6.92 Å². The van der Waals surface area contributed by atoms with E-state index >= 15 is 0 Å². The normalized spacial score (nSPS) is 14.8. The third kappa shape index (κ3) is 4.78. The van der Waals surface area contributed by atoms with Gasteiger partial charge in [-0.15, -0.1) is 0 Å². The molecule has 1 aromatic carbocycles. The molecule has 4 rings (SSSR count). The molecule has 1 aliphatic heterocycles. The fourth-order valence-electron chi connectivity index (χ4n) is 3.63. The maximum Gasteiger partial charge on any atom is 0.160 e. The van der Waals surface area contributed by atoms with Gasteiger partial charge in [0.1, 0.15) is 5.82 Å². The molecule has 7 nitrogen and oxygen atoms in total. The van der Waals surface area contributed by atoms with E-state index < -0.39 is 0 Å². The molecule has 0 atom stereocenters. The second-order valence-corrected chi connectivity index (χ2v) is 7.78. The lowest BCUT2D eigenvalue weighted by atomic mass is 10.1. The highest BCUT2D eigenvalue weighted by Gasteiger charge is 2.18. The van der Waals surface area contributed by atoms with Crippen molar-refractivity contribution >= 4 is 23.5 Å². The zero-order chi connectivity index (χ0) is 22.5. The molecule has 0 saturated carbocycles. The fraction of sp³-hybridized carbons (Fsp3) is 0.240. The first-order chi connectivity index (χ1) is 15.5. The van der Waals surface area contributed by atoms with Gasteiger partial charge in [0.2, 0.25) is 0 Å². The molecule has 164 valence electrons. The molecule has 1 aliphatic rings. The molecule has 7 heteroatoms. The molecule has 3 aromatic rings. The summed E-state index contributed by atoms with van der Waals surface area (Å²) in [5.74, 6) is 1.60. The number of hydrogen-bond acceptors (Lipinski definition) is 6. The average Bonchev–Trinajstić information content (AvgIpc) is 3.22. The molecule has 1 saturated heterocycles. The van der Waals surface area contributed by atoms with Gasteiger partial charge in [-0.1, -0.05) is 55.1 Å². The zero-order valence-corrected chi connectivity index (χ0v) is 18.6.